The second-order valence-electron chi connectivity index (χ2n) is 8.77. The van der Waals surface area contributed by atoms with Crippen LogP contribution in [0.25, 0.3) is 0 Å². The number of carbonyl (C=O) groups is 1. The smallest absolute Gasteiger partial charge is 0.161 e. The summed E-state index contributed by atoms with van der Waals surface area (Å²) < 4.78 is 0. The zero-order valence-electron chi connectivity index (χ0n) is 13.3. The van der Waals surface area contributed by atoms with Gasteiger partial charge in [0.2, 0.25) is 0 Å². The molecule has 7 atom stereocenters. The van der Waals surface area contributed by atoms with Gasteiger partial charge in [0.05, 0.1) is 5.60 Å². The highest BCUT2D eigenvalue weighted by Crippen LogP contribution is 2.60. The molecule has 2 heteroatoms. The minimum absolute atomic E-state index is 0.0891. The Morgan fingerprint density at radius 3 is 2.62 bits per heavy atom. The summed E-state index contributed by atoms with van der Waals surface area (Å²) in [4.78, 5) is 12.3. The number of hydrogen-bond donors (Lipinski definition) is 1. The number of carbonyl (C=O) groups excluding carboxylic acids is 1. The van der Waals surface area contributed by atoms with Gasteiger partial charge in [-0.2, -0.15) is 0 Å². The molecular weight excluding hydrogens is 260 g/mol. The van der Waals surface area contributed by atoms with Crippen LogP contribution in [0.15, 0.2) is 12.2 Å². The Morgan fingerprint density at radius 1 is 1.05 bits per heavy atom. The normalized spacial score (nSPS) is 55.8. The van der Waals surface area contributed by atoms with Gasteiger partial charge in [-0.3, -0.25) is 4.79 Å². The molecule has 0 radical (unpaired) electrons. The lowest BCUT2D eigenvalue weighted by atomic mass is 9.50. The van der Waals surface area contributed by atoms with E-state index in [0.29, 0.717) is 11.7 Å². The van der Waals surface area contributed by atoms with Crippen molar-refractivity contribution < 1.29 is 9.90 Å². The molecule has 0 heterocycles. The van der Waals surface area contributed by atoms with Crippen molar-refractivity contribution in [3.63, 3.8) is 0 Å². The lowest BCUT2D eigenvalue weighted by molar-refractivity contribution is -0.132. The first kappa shape index (κ1) is 14.0. The van der Waals surface area contributed by atoms with Gasteiger partial charge in [0.1, 0.15) is 0 Å². The average Bonchev–Trinajstić information content (AvgIpc) is 2.73. The summed E-state index contributed by atoms with van der Waals surface area (Å²) >= 11 is 0. The Balaban J connectivity index is 1.58. The Kier molecular flexibility index (Phi) is 2.96. The molecule has 0 amide bonds. The van der Waals surface area contributed by atoms with Crippen molar-refractivity contribution in [3.8, 4) is 0 Å². The molecule has 4 rings (SSSR count). The fourth-order valence-electron chi connectivity index (χ4n) is 6.35. The maximum atomic E-state index is 12.3. The third kappa shape index (κ3) is 1.98. The molecule has 3 saturated carbocycles. The Labute approximate surface area is 128 Å². The van der Waals surface area contributed by atoms with Crippen LogP contribution in [0.1, 0.15) is 58.8 Å². The van der Waals surface area contributed by atoms with E-state index >= 15 is 0 Å². The first-order valence-corrected chi connectivity index (χ1v) is 8.86. The zero-order valence-corrected chi connectivity index (χ0v) is 13.3. The van der Waals surface area contributed by atoms with E-state index in [1.54, 1.807) is 0 Å². The van der Waals surface area contributed by atoms with Crippen LogP contribution < -0.4 is 0 Å². The van der Waals surface area contributed by atoms with Crippen LogP contribution in [-0.4, -0.2) is 16.5 Å². The predicted molar refractivity (Wildman–Crippen MR) is 82.6 cm³/mol. The van der Waals surface area contributed by atoms with Crippen LogP contribution in [0.2, 0.25) is 0 Å². The largest absolute Gasteiger partial charge is 0.390 e. The van der Waals surface area contributed by atoms with Crippen molar-refractivity contribution in [1.82, 2.24) is 0 Å². The molecule has 21 heavy (non-hydrogen) atoms. The highest BCUT2D eigenvalue weighted by molar-refractivity contribution is 5.97. The van der Waals surface area contributed by atoms with Crippen LogP contribution in [-0.2, 0) is 4.79 Å². The summed E-state index contributed by atoms with van der Waals surface area (Å²) in [5, 5.41) is 10.4. The van der Waals surface area contributed by atoms with E-state index in [2.05, 4.69) is 13.0 Å². The predicted octanol–water partition coefficient (Wildman–Crippen LogP) is 3.74. The maximum absolute atomic E-state index is 12.3. The lowest BCUT2D eigenvalue weighted by Crippen LogP contribution is -2.50. The minimum Gasteiger partial charge on any atom is -0.390 e. The fourth-order valence-corrected chi connectivity index (χ4v) is 6.35. The molecule has 0 bridgehead atoms. The van der Waals surface area contributed by atoms with Gasteiger partial charge in [0.15, 0.2) is 5.78 Å². The molecular formula is C19H28O2. The molecule has 3 fully saturated rings. The number of rotatable bonds is 0. The van der Waals surface area contributed by atoms with Crippen molar-refractivity contribution in [3.05, 3.63) is 12.2 Å². The molecule has 0 unspecified atom stereocenters. The number of hydrogen-bond acceptors (Lipinski definition) is 2. The molecule has 2 nitrogen and oxygen atoms in total. The quantitative estimate of drug-likeness (QED) is 0.737. The molecule has 0 aromatic carbocycles. The fraction of sp³-hybridized carbons (Fsp3) is 0.842. The second kappa shape index (κ2) is 4.44. The SMILES string of the molecule is C[C@@]1(O)CC[C@H]2[C@H](CC[C@@H]3[C@@H]2CC[C@]2(C)C(=O)C=C[C@@H]32)C1. The summed E-state index contributed by atoms with van der Waals surface area (Å²) in [6.45, 7) is 4.22. The first-order valence-electron chi connectivity index (χ1n) is 8.86. The van der Waals surface area contributed by atoms with Crippen LogP contribution >= 0.6 is 0 Å². The average molecular weight is 288 g/mol. The molecule has 116 valence electrons. The molecule has 0 saturated heterocycles. The minimum atomic E-state index is -0.430. The van der Waals surface area contributed by atoms with Crippen LogP contribution in [0.4, 0.5) is 0 Å². The van der Waals surface area contributed by atoms with E-state index in [4.69, 9.17) is 0 Å². The van der Waals surface area contributed by atoms with Crippen molar-refractivity contribution in [2.24, 2.45) is 35.0 Å². The summed E-state index contributed by atoms with van der Waals surface area (Å²) in [6, 6.07) is 0. The maximum Gasteiger partial charge on any atom is 0.161 e. The summed E-state index contributed by atoms with van der Waals surface area (Å²) in [5.74, 6) is 3.91. The van der Waals surface area contributed by atoms with E-state index in [0.717, 1.165) is 42.9 Å². The summed E-state index contributed by atoms with van der Waals surface area (Å²) in [6.07, 6.45) is 12.1. The van der Waals surface area contributed by atoms with E-state index in [1.165, 1.54) is 25.7 Å². The van der Waals surface area contributed by atoms with Gasteiger partial charge in [0, 0.05) is 5.41 Å². The van der Waals surface area contributed by atoms with E-state index < -0.39 is 5.60 Å². The van der Waals surface area contributed by atoms with Gasteiger partial charge in [-0.05, 0) is 87.5 Å². The third-order valence-electron chi connectivity index (χ3n) is 7.51. The highest BCUT2D eigenvalue weighted by atomic mass is 16.3. The van der Waals surface area contributed by atoms with Gasteiger partial charge in [-0.15, -0.1) is 0 Å². The zero-order chi connectivity index (χ0) is 14.8. The highest BCUT2D eigenvalue weighted by Gasteiger charge is 2.55. The first-order chi connectivity index (χ1) is 9.91. The van der Waals surface area contributed by atoms with Gasteiger partial charge in [-0.25, -0.2) is 0 Å². The molecule has 0 aliphatic heterocycles. The molecule has 0 aromatic rings. The molecule has 1 N–H and O–H groups in total. The monoisotopic (exact) mass is 288 g/mol. The van der Waals surface area contributed by atoms with Crippen molar-refractivity contribution in [2.75, 3.05) is 0 Å². The number of aliphatic hydroxyl groups is 1. The van der Waals surface area contributed by atoms with Crippen LogP contribution in [0.3, 0.4) is 0 Å². The topological polar surface area (TPSA) is 37.3 Å². The van der Waals surface area contributed by atoms with Crippen molar-refractivity contribution >= 4 is 5.78 Å². The van der Waals surface area contributed by atoms with Gasteiger partial charge < -0.3 is 5.11 Å². The molecule has 4 aliphatic rings. The Hall–Kier alpha value is -0.630. The molecule has 0 spiro atoms. The van der Waals surface area contributed by atoms with E-state index in [9.17, 15) is 9.90 Å². The van der Waals surface area contributed by atoms with Crippen LogP contribution in [0, 0.1) is 35.0 Å². The van der Waals surface area contributed by atoms with Gasteiger partial charge >= 0.3 is 0 Å². The molecule has 0 aromatic heterocycles. The lowest BCUT2D eigenvalue weighted by Gasteiger charge is -2.55. The number of ketones is 1. The van der Waals surface area contributed by atoms with Crippen molar-refractivity contribution in [2.45, 2.75) is 64.4 Å². The van der Waals surface area contributed by atoms with Crippen molar-refractivity contribution in [1.29, 1.82) is 0 Å². The Morgan fingerprint density at radius 2 is 1.81 bits per heavy atom. The summed E-state index contributed by atoms with van der Waals surface area (Å²) in [5.41, 5.74) is -0.519. The molecule has 4 aliphatic carbocycles. The van der Waals surface area contributed by atoms with Gasteiger partial charge in [0.25, 0.3) is 0 Å². The number of fused-ring (bicyclic) bond motifs is 5. The second-order valence-corrected chi connectivity index (χ2v) is 8.77. The Bertz CT molecular complexity index is 492. The van der Waals surface area contributed by atoms with Gasteiger partial charge in [-0.1, -0.05) is 13.0 Å². The van der Waals surface area contributed by atoms with E-state index in [-0.39, 0.29) is 5.41 Å². The number of allylic oxidation sites excluding steroid dienone is 2. The summed E-state index contributed by atoms with van der Waals surface area (Å²) in [7, 11) is 0. The third-order valence-corrected chi connectivity index (χ3v) is 7.51. The van der Waals surface area contributed by atoms with E-state index in [1.807, 2.05) is 13.0 Å². The standard InChI is InChI=1S/C19H28O2/c1-18(21)9-7-13-12(11-18)3-4-15-14(13)8-10-19(2)16(15)5-6-17(19)20/h5-6,12-16,21H,3-4,7-11H2,1-2H3/t12-,13+,14-,15-,16+,18-,19+/m1/s1. The van der Waals surface area contributed by atoms with Crippen LogP contribution in [0.5, 0.6) is 0 Å².